The van der Waals surface area contributed by atoms with Crippen molar-refractivity contribution in [2.24, 2.45) is 0 Å². The van der Waals surface area contributed by atoms with Gasteiger partial charge in [0.15, 0.2) is 0 Å². The van der Waals surface area contributed by atoms with Crippen molar-refractivity contribution in [1.29, 1.82) is 0 Å². The summed E-state index contributed by atoms with van der Waals surface area (Å²) in [5, 5.41) is 16.5. The van der Waals surface area contributed by atoms with Crippen molar-refractivity contribution in [2.45, 2.75) is 12.3 Å². The number of aromatic nitrogens is 3. The third-order valence-corrected chi connectivity index (χ3v) is 4.09. The molecule has 0 aliphatic carbocycles. The predicted molar refractivity (Wildman–Crippen MR) is 96.4 cm³/mol. The number of rotatable bonds is 6. The Hall–Kier alpha value is -3.26. The lowest BCUT2D eigenvalue weighted by Gasteiger charge is -2.15. The van der Waals surface area contributed by atoms with Crippen LogP contribution in [0.3, 0.4) is 0 Å². The van der Waals surface area contributed by atoms with Crippen LogP contribution < -0.4 is 5.32 Å². The molecule has 0 radical (unpaired) electrons. The van der Waals surface area contributed by atoms with Gasteiger partial charge in [-0.15, -0.1) is 0 Å². The minimum Gasteiger partial charge on any atom is -0.481 e. The number of carbonyl (C=O) groups excluding carboxylic acids is 1. The normalized spacial score (nSPS) is 11.8. The summed E-state index contributed by atoms with van der Waals surface area (Å²) in [5.74, 6) is -3.31. The van der Waals surface area contributed by atoms with Gasteiger partial charge in [-0.2, -0.15) is 5.10 Å². The van der Waals surface area contributed by atoms with Crippen LogP contribution in [0.1, 0.15) is 17.9 Å². The SMILES string of the molecule is O=C(C[C@H](C(=O)O)c1ccc(F)cc1)Nc1cc(Cl)ccc1-n1cncn1. The highest BCUT2D eigenvalue weighted by Crippen LogP contribution is 2.26. The van der Waals surface area contributed by atoms with Crippen molar-refractivity contribution >= 4 is 29.2 Å². The maximum Gasteiger partial charge on any atom is 0.311 e. The van der Waals surface area contributed by atoms with E-state index in [9.17, 15) is 19.1 Å². The molecular weight excluding hydrogens is 375 g/mol. The van der Waals surface area contributed by atoms with Crippen molar-refractivity contribution in [1.82, 2.24) is 14.8 Å². The van der Waals surface area contributed by atoms with Crippen LogP contribution >= 0.6 is 11.6 Å². The number of nitrogens with one attached hydrogen (secondary N) is 1. The summed E-state index contributed by atoms with van der Waals surface area (Å²) in [6.07, 6.45) is 2.47. The number of amides is 1. The second kappa shape index (κ2) is 7.96. The first-order valence-corrected chi connectivity index (χ1v) is 8.24. The van der Waals surface area contributed by atoms with E-state index in [0.29, 0.717) is 22.0 Å². The van der Waals surface area contributed by atoms with Crippen molar-refractivity contribution < 1.29 is 19.1 Å². The van der Waals surface area contributed by atoms with Gasteiger partial charge in [0.05, 0.1) is 17.3 Å². The van der Waals surface area contributed by atoms with Crippen LogP contribution in [0, 0.1) is 5.82 Å². The van der Waals surface area contributed by atoms with Gasteiger partial charge in [0, 0.05) is 11.4 Å². The number of benzene rings is 2. The topological polar surface area (TPSA) is 97.1 Å². The summed E-state index contributed by atoms with van der Waals surface area (Å²) in [7, 11) is 0. The molecule has 0 saturated heterocycles. The van der Waals surface area contributed by atoms with E-state index in [1.165, 1.54) is 35.5 Å². The van der Waals surface area contributed by atoms with E-state index in [-0.39, 0.29) is 6.42 Å². The molecule has 0 bridgehead atoms. The number of nitrogens with zero attached hydrogens (tertiary/aromatic N) is 3. The van der Waals surface area contributed by atoms with Crippen molar-refractivity contribution in [3.8, 4) is 5.69 Å². The number of anilines is 1. The van der Waals surface area contributed by atoms with E-state index in [1.54, 1.807) is 12.1 Å². The molecule has 0 aliphatic rings. The monoisotopic (exact) mass is 388 g/mol. The molecule has 138 valence electrons. The Labute approximate surface area is 158 Å². The second-order valence-corrected chi connectivity index (χ2v) is 6.13. The summed E-state index contributed by atoms with van der Waals surface area (Å²) in [4.78, 5) is 27.9. The molecule has 1 heterocycles. The summed E-state index contributed by atoms with van der Waals surface area (Å²) >= 11 is 6.00. The zero-order valence-corrected chi connectivity index (χ0v) is 14.6. The molecular formula is C18H14ClFN4O3. The molecule has 0 spiro atoms. The molecule has 2 aromatic carbocycles. The van der Waals surface area contributed by atoms with E-state index in [0.717, 1.165) is 12.1 Å². The van der Waals surface area contributed by atoms with Gasteiger partial charge in [0.2, 0.25) is 5.91 Å². The maximum absolute atomic E-state index is 13.1. The number of carboxylic acid groups (broad SMARTS) is 1. The number of carbonyl (C=O) groups is 2. The number of halogens is 2. The third-order valence-electron chi connectivity index (χ3n) is 3.86. The Morgan fingerprint density at radius 3 is 2.59 bits per heavy atom. The number of aliphatic carboxylic acids is 1. The fraction of sp³-hybridized carbons (Fsp3) is 0.111. The molecule has 1 atom stereocenters. The Morgan fingerprint density at radius 1 is 1.22 bits per heavy atom. The van der Waals surface area contributed by atoms with Gasteiger partial charge in [-0.3, -0.25) is 9.59 Å². The second-order valence-electron chi connectivity index (χ2n) is 5.70. The zero-order valence-electron chi connectivity index (χ0n) is 13.8. The Bertz CT molecular complexity index is 961. The van der Waals surface area contributed by atoms with Crippen molar-refractivity contribution in [3.05, 3.63) is 71.5 Å². The molecule has 9 heteroatoms. The predicted octanol–water partition coefficient (Wildman–Crippen LogP) is 3.26. The van der Waals surface area contributed by atoms with Crippen LogP contribution in [0.4, 0.5) is 10.1 Å². The maximum atomic E-state index is 13.1. The van der Waals surface area contributed by atoms with Gasteiger partial charge < -0.3 is 10.4 Å². The minimum atomic E-state index is -1.18. The molecule has 27 heavy (non-hydrogen) atoms. The first-order chi connectivity index (χ1) is 12.9. The largest absolute Gasteiger partial charge is 0.481 e. The van der Waals surface area contributed by atoms with Crippen LogP contribution in [-0.4, -0.2) is 31.7 Å². The van der Waals surface area contributed by atoms with E-state index in [1.807, 2.05) is 0 Å². The number of carboxylic acids is 1. The average molecular weight is 389 g/mol. The summed E-state index contributed by atoms with van der Waals surface area (Å²) in [6.45, 7) is 0. The molecule has 0 saturated carbocycles. The van der Waals surface area contributed by atoms with E-state index in [2.05, 4.69) is 15.4 Å². The third kappa shape index (κ3) is 4.48. The lowest BCUT2D eigenvalue weighted by Crippen LogP contribution is -2.21. The number of hydrogen-bond acceptors (Lipinski definition) is 4. The molecule has 0 unspecified atom stereocenters. The van der Waals surface area contributed by atoms with Crippen molar-refractivity contribution in [3.63, 3.8) is 0 Å². The van der Waals surface area contributed by atoms with Crippen molar-refractivity contribution in [2.75, 3.05) is 5.32 Å². The van der Waals surface area contributed by atoms with Gasteiger partial charge in [-0.25, -0.2) is 14.1 Å². The van der Waals surface area contributed by atoms with E-state index < -0.39 is 23.6 Å². The highest BCUT2D eigenvalue weighted by atomic mass is 35.5. The Kier molecular flexibility index (Phi) is 5.46. The zero-order chi connectivity index (χ0) is 19.4. The van der Waals surface area contributed by atoms with Gasteiger partial charge in [-0.1, -0.05) is 23.7 Å². The Balaban J connectivity index is 1.81. The van der Waals surface area contributed by atoms with Crippen LogP contribution in [0.25, 0.3) is 5.69 Å². The van der Waals surface area contributed by atoms with Crippen LogP contribution in [0.2, 0.25) is 5.02 Å². The van der Waals surface area contributed by atoms with Crippen LogP contribution in [-0.2, 0) is 9.59 Å². The molecule has 3 rings (SSSR count). The van der Waals surface area contributed by atoms with Crippen LogP contribution in [0.15, 0.2) is 55.1 Å². The molecule has 1 aromatic heterocycles. The van der Waals surface area contributed by atoms with Crippen LogP contribution in [0.5, 0.6) is 0 Å². The first-order valence-electron chi connectivity index (χ1n) is 7.86. The lowest BCUT2D eigenvalue weighted by atomic mass is 9.95. The summed E-state index contributed by atoms with van der Waals surface area (Å²) < 4.78 is 14.5. The lowest BCUT2D eigenvalue weighted by molar-refractivity contribution is -0.140. The molecule has 2 N–H and O–H groups in total. The average Bonchev–Trinajstić information content (AvgIpc) is 3.15. The molecule has 1 amide bonds. The quantitative estimate of drug-likeness (QED) is 0.675. The summed E-state index contributed by atoms with van der Waals surface area (Å²) in [6, 6.07) is 9.83. The highest BCUT2D eigenvalue weighted by Gasteiger charge is 2.24. The van der Waals surface area contributed by atoms with E-state index in [4.69, 9.17) is 11.6 Å². The molecule has 3 aromatic rings. The smallest absolute Gasteiger partial charge is 0.311 e. The van der Waals surface area contributed by atoms with Gasteiger partial charge in [0.25, 0.3) is 0 Å². The fourth-order valence-electron chi connectivity index (χ4n) is 2.57. The minimum absolute atomic E-state index is 0.329. The number of hydrogen-bond donors (Lipinski definition) is 2. The van der Waals surface area contributed by atoms with Gasteiger partial charge in [0.1, 0.15) is 18.5 Å². The highest BCUT2D eigenvalue weighted by molar-refractivity contribution is 6.31. The molecule has 0 aliphatic heterocycles. The van der Waals surface area contributed by atoms with Gasteiger partial charge in [-0.05, 0) is 35.9 Å². The Morgan fingerprint density at radius 2 is 1.96 bits per heavy atom. The molecule has 0 fully saturated rings. The summed E-state index contributed by atoms with van der Waals surface area (Å²) in [5.41, 5.74) is 1.22. The standard InChI is InChI=1S/C18H14ClFN4O3/c19-12-3-6-16(24-10-21-9-22-24)15(7-12)23-17(25)8-14(18(26)27)11-1-4-13(20)5-2-11/h1-7,9-10,14H,8H2,(H,23,25)(H,26,27)/t14-/m0/s1. The van der Waals surface area contributed by atoms with Gasteiger partial charge >= 0.3 is 5.97 Å². The first kappa shape index (κ1) is 18.5. The van der Waals surface area contributed by atoms with E-state index >= 15 is 0 Å². The molecule has 7 nitrogen and oxygen atoms in total. The fourth-order valence-corrected chi connectivity index (χ4v) is 2.74.